The summed E-state index contributed by atoms with van der Waals surface area (Å²) in [5.41, 5.74) is 0.732. The highest BCUT2D eigenvalue weighted by atomic mass is 19.1. The Hall–Kier alpha value is -1.12. The van der Waals surface area contributed by atoms with Gasteiger partial charge in [-0.3, -0.25) is 0 Å². The highest BCUT2D eigenvalue weighted by Crippen LogP contribution is 2.36. The molecule has 0 N–H and O–H groups in total. The summed E-state index contributed by atoms with van der Waals surface area (Å²) in [6.45, 7) is 4.47. The van der Waals surface area contributed by atoms with Crippen molar-refractivity contribution in [1.82, 2.24) is 0 Å². The van der Waals surface area contributed by atoms with E-state index >= 15 is 0 Å². The van der Waals surface area contributed by atoms with Gasteiger partial charge in [-0.1, -0.05) is 33.1 Å². The van der Waals surface area contributed by atoms with Crippen LogP contribution in [0.2, 0.25) is 0 Å². The maximum absolute atomic E-state index is 13.7. The van der Waals surface area contributed by atoms with Gasteiger partial charge in [0.1, 0.15) is 0 Å². The van der Waals surface area contributed by atoms with Gasteiger partial charge in [0.2, 0.25) is 0 Å². The molecule has 0 saturated heterocycles. The van der Waals surface area contributed by atoms with Gasteiger partial charge >= 0.3 is 0 Å². The molecule has 0 bridgehead atoms. The van der Waals surface area contributed by atoms with Gasteiger partial charge in [-0.2, -0.15) is 0 Å². The minimum atomic E-state index is -0.602. The van der Waals surface area contributed by atoms with E-state index in [9.17, 15) is 8.78 Å². The van der Waals surface area contributed by atoms with Crippen molar-refractivity contribution in [3.05, 3.63) is 29.3 Å². The smallest absolute Gasteiger partial charge is 0.190 e. The number of methoxy groups -OCH3 is 1. The fourth-order valence-electron chi connectivity index (χ4n) is 3.63. The van der Waals surface area contributed by atoms with E-state index in [1.54, 1.807) is 0 Å². The third-order valence-corrected chi connectivity index (χ3v) is 5.09. The minimum absolute atomic E-state index is 0.283. The van der Waals surface area contributed by atoms with Gasteiger partial charge in [0.05, 0.1) is 7.11 Å². The van der Waals surface area contributed by atoms with E-state index in [0.717, 1.165) is 17.9 Å². The first-order chi connectivity index (χ1) is 10.0. The topological polar surface area (TPSA) is 9.23 Å². The molecule has 1 aliphatic rings. The molecule has 0 aliphatic heterocycles. The Morgan fingerprint density at radius 2 is 1.71 bits per heavy atom. The fraction of sp³-hybridized carbons (Fsp3) is 0.667. The lowest BCUT2D eigenvalue weighted by molar-refractivity contribution is 0.210. The van der Waals surface area contributed by atoms with Crippen LogP contribution in [-0.4, -0.2) is 7.11 Å². The molecular weight excluding hydrogens is 270 g/mol. The van der Waals surface area contributed by atoms with E-state index in [4.69, 9.17) is 4.74 Å². The molecule has 0 radical (unpaired) electrons. The van der Waals surface area contributed by atoms with Gasteiger partial charge in [0.25, 0.3) is 0 Å². The van der Waals surface area contributed by atoms with Gasteiger partial charge in [0, 0.05) is 0 Å². The van der Waals surface area contributed by atoms with Crippen LogP contribution in [0, 0.1) is 29.4 Å². The van der Waals surface area contributed by atoms with Gasteiger partial charge in [-0.05, 0) is 54.7 Å². The Morgan fingerprint density at radius 1 is 1.14 bits per heavy atom. The summed E-state index contributed by atoms with van der Waals surface area (Å²) >= 11 is 0. The molecule has 1 unspecified atom stereocenters. The van der Waals surface area contributed by atoms with E-state index in [1.807, 2.05) is 0 Å². The highest BCUT2D eigenvalue weighted by molar-refractivity contribution is 5.31. The van der Waals surface area contributed by atoms with Crippen molar-refractivity contribution in [3.8, 4) is 5.75 Å². The number of halogens is 2. The lowest BCUT2D eigenvalue weighted by Gasteiger charge is -2.32. The molecule has 0 spiro atoms. The Morgan fingerprint density at radius 3 is 2.19 bits per heavy atom. The molecule has 0 amide bonds. The van der Waals surface area contributed by atoms with Gasteiger partial charge in [-0.15, -0.1) is 0 Å². The van der Waals surface area contributed by atoms with Crippen LogP contribution in [0.5, 0.6) is 5.75 Å². The predicted octanol–water partition coefficient (Wildman–Crippen LogP) is 5.37. The Kier molecular flexibility index (Phi) is 5.60. The predicted molar refractivity (Wildman–Crippen MR) is 81.5 cm³/mol. The Bertz CT molecular complexity index is 441. The summed E-state index contributed by atoms with van der Waals surface area (Å²) in [5, 5.41) is 0. The van der Waals surface area contributed by atoms with Crippen molar-refractivity contribution in [2.75, 3.05) is 7.11 Å². The number of benzene rings is 1. The Balaban J connectivity index is 1.98. The average Bonchev–Trinajstić information content (AvgIpc) is 2.47. The molecule has 1 fully saturated rings. The second-order valence-electron chi connectivity index (χ2n) is 6.46. The van der Waals surface area contributed by atoms with Gasteiger partial charge in [0.15, 0.2) is 17.4 Å². The molecule has 118 valence electrons. The first-order valence-corrected chi connectivity index (χ1v) is 8.07. The van der Waals surface area contributed by atoms with Crippen LogP contribution in [0.1, 0.15) is 51.5 Å². The number of ether oxygens (including phenoxy) is 1. The van der Waals surface area contributed by atoms with Crippen LogP contribution in [0.15, 0.2) is 12.1 Å². The van der Waals surface area contributed by atoms with Crippen LogP contribution in [0.25, 0.3) is 0 Å². The summed E-state index contributed by atoms with van der Waals surface area (Å²) in [5.74, 6) is 0.541. The van der Waals surface area contributed by atoms with Crippen LogP contribution < -0.4 is 4.74 Å². The van der Waals surface area contributed by atoms with Crippen molar-refractivity contribution in [2.45, 2.75) is 52.4 Å². The van der Waals surface area contributed by atoms with E-state index in [2.05, 4.69) is 13.8 Å². The van der Waals surface area contributed by atoms with Crippen molar-refractivity contribution in [3.63, 3.8) is 0 Å². The molecule has 1 aliphatic carbocycles. The molecule has 0 heterocycles. The van der Waals surface area contributed by atoms with Crippen molar-refractivity contribution >= 4 is 0 Å². The molecule has 1 aromatic rings. The molecule has 3 heteroatoms. The second-order valence-corrected chi connectivity index (χ2v) is 6.46. The van der Waals surface area contributed by atoms with E-state index in [-0.39, 0.29) is 5.75 Å². The first kappa shape index (κ1) is 16.3. The average molecular weight is 296 g/mol. The fourth-order valence-corrected chi connectivity index (χ4v) is 3.63. The lowest BCUT2D eigenvalue weighted by atomic mass is 9.74. The molecule has 1 atom stereocenters. The number of hydrogen-bond donors (Lipinski definition) is 0. The zero-order valence-corrected chi connectivity index (χ0v) is 13.3. The molecule has 21 heavy (non-hydrogen) atoms. The largest absolute Gasteiger partial charge is 0.491 e. The molecule has 2 rings (SSSR count). The van der Waals surface area contributed by atoms with Crippen LogP contribution in [0.3, 0.4) is 0 Å². The summed E-state index contributed by atoms with van der Waals surface area (Å²) in [6.07, 6.45) is 7.12. The maximum Gasteiger partial charge on any atom is 0.190 e. The molecule has 0 aromatic heterocycles. The van der Waals surface area contributed by atoms with E-state index in [1.165, 1.54) is 51.3 Å². The summed E-state index contributed by atoms with van der Waals surface area (Å²) in [6, 6.07) is 2.83. The zero-order valence-electron chi connectivity index (χ0n) is 13.3. The zero-order chi connectivity index (χ0) is 15.4. The quantitative estimate of drug-likeness (QED) is 0.710. The summed E-state index contributed by atoms with van der Waals surface area (Å²) in [4.78, 5) is 0. The summed E-state index contributed by atoms with van der Waals surface area (Å²) in [7, 11) is 1.29. The van der Waals surface area contributed by atoms with E-state index < -0.39 is 11.6 Å². The molecule has 1 nitrogen and oxygen atoms in total. The second kappa shape index (κ2) is 7.24. The van der Waals surface area contributed by atoms with Crippen LogP contribution in [-0.2, 0) is 6.42 Å². The monoisotopic (exact) mass is 296 g/mol. The normalized spacial score (nSPS) is 23.9. The third kappa shape index (κ3) is 3.96. The third-order valence-electron chi connectivity index (χ3n) is 5.09. The lowest BCUT2D eigenvalue weighted by Crippen LogP contribution is -2.21. The first-order valence-electron chi connectivity index (χ1n) is 8.07. The minimum Gasteiger partial charge on any atom is -0.491 e. The summed E-state index contributed by atoms with van der Waals surface area (Å²) < 4.78 is 32.2. The van der Waals surface area contributed by atoms with Gasteiger partial charge in [-0.25, -0.2) is 8.78 Å². The highest BCUT2D eigenvalue weighted by Gasteiger charge is 2.25. The van der Waals surface area contributed by atoms with E-state index in [0.29, 0.717) is 11.8 Å². The standard InChI is InChI=1S/C18H26F2O/c1-4-13-5-7-15(8-6-13)12(2)9-14-10-16(19)18(21-3)17(20)11-14/h10-13,15H,4-9H2,1-3H3. The van der Waals surface area contributed by atoms with Crippen LogP contribution in [0.4, 0.5) is 8.78 Å². The SMILES string of the molecule is CCC1CCC(C(C)Cc2cc(F)c(OC)c(F)c2)CC1. The van der Waals surface area contributed by atoms with Crippen molar-refractivity contribution in [2.24, 2.45) is 17.8 Å². The molecular formula is C18H26F2O. The van der Waals surface area contributed by atoms with Crippen molar-refractivity contribution in [1.29, 1.82) is 0 Å². The number of rotatable bonds is 5. The Labute approximate surface area is 126 Å². The van der Waals surface area contributed by atoms with Gasteiger partial charge < -0.3 is 4.74 Å². The maximum atomic E-state index is 13.7. The van der Waals surface area contributed by atoms with Crippen molar-refractivity contribution < 1.29 is 13.5 Å². The molecule has 1 aromatic carbocycles. The number of hydrogen-bond acceptors (Lipinski definition) is 1. The molecule has 1 saturated carbocycles. The van der Waals surface area contributed by atoms with Crippen LogP contribution >= 0.6 is 0 Å².